The van der Waals surface area contributed by atoms with E-state index < -0.39 is 0 Å². The zero-order chi connectivity index (χ0) is 21.8. The standard InChI is InChI=1S/C24H25N5OS/c1-17-5-4-6-22(18(17)2)29-14-12-26-24(29)31-15-23(30)27-19(3)20-7-9-21(10-8-20)28-13-11-25-16-28/h4-14,16,19H,15H2,1-3H3,(H,27,30). The topological polar surface area (TPSA) is 64.7 Å². The van der Waals surface area contributed by atoms with Crippen LogP contribution >= 0.6 is 11.8 Å². The maximum Gasteiger partial charge on any atom is 0.230 e. The van der Waals surface area contributed by atoms with Crippen molar-refractivity contribution in [1.82, 2.24) is 24.4 Å². The van der Waals surface area contributed by atoms with Crippen LogP contribution in [0.3, 0.4) is 0 Å². The monoisotopic (exact) mass is 431 g/mol. The van der Waals surface area contributed by atoms with Crippen molar-refractivity contribution in [2.75, 3.05) is 5.75 Å². The van der Waals surface area contributed by atoms with Crippen LogP contribution in [0, 0.1) is 13.8 Å². The van der Waals surface area contributed by atoms with Gasteiger partial charge in [-0.15, -0.1) is 0 Å². The summed E-state index contributed by atoms with van der Waals surface area (Å²) >= 11 is 1.44. The fraction of sp³-hybridized carbons (Fsp3) is 0.208. The molecule has 2 aromatic heterocycles. The number of hydrogen-bond acceptors (Lipinski definition) is 4. The molecular formula is C24H25N5OS. The van der Waals surface area contributed by atoms with Crippen molar-refractivity contribution in [3.8, 4) is 11.4 Å². The van der Waals surface area contributed by atoms with Gasteiger partial charge < -0.3 is 9.88 Å². The lowest BCUT2D eigenvalue weighted by atomic mass is 10.1. The van der Waals surface area contributed by atoms with Crippen LogP contribution < -0.4 is 5.32 Å². The molecule has 2 aromatic carbocycles. The summed E-state index contributed by atoms with van der Waals surface area (Å²) in [5.74, 6) is 0.283. The Balaban J connectivity index is 1.37. The molecule has 1 atom stereocenters. The van der Waals surface area contributed by atoms with E-state index in [-0.39, 0.29) is 11.9 Å². The number of thioether (sulfide) groups is 1. The zero-order valence-corrected chi connectivity index (χ0v) is 18.6. The first kappa shape index (κ1) is 20.9. The third kappa shape index (κ3) is 4.72. The third-order valence-electron chi connectivity index (χ3n) is 5.35. The van der Waals surface area contributed by atoms with E-state index in [9.17, 15) is 4.79 Å². The molecule has 0 aliphatic carbocycles. The van der Waals surface area contributed by atoms with E-state index in [1.165, 1.54) is 22.9 Å². The highest BCUT2D eigenvalue weighted by molar-refractivity contribution is 7.99. The summed E-state index contributed by atoms with van der Waals surface area (Å²) in [7, 11) is 0. The molecule has 31 heavy (non-hydrogen) atoms. The van der Waals surface area contributed by atoms with E-state index >= 15 is 0 Å². The summed E-state index contributed by atoms with van der Waals surface area (Å²) in [5, 5.41) is 3.88. The van der Waals surface area contributed by atoms with Gasteiger partial charge in [-0.25, -0.2) is 9.97 Å². The van der Waals surface area contributed by atoms with Crippen LogP contribution in [0.25, 0.3) is 11.4 Å². The molecular weight excluding hydrogens is 406 g/mol. The normalized spacial score (nSPS) is 12.0. The van der Waals surface area contributed by atoms with E-state index in [0.29, 0.717) is 5.75 Å². The van der Waals surface area contributed by atoms with Crippen LogP contribution in [-0.4, -0.2) is 30.8 Å². The van der Waals surface area contributed by atoms with Crippen LogP contribution in [0.15, 0.2) is 78.7 Å². The van der Waals surface area contributed by atoms with Crippen molar-refractivity contribution in [2.24, 2.45) is 0 Å². The third-order valence-corrected chi connectivity index (χ3v) is 6.31. The van der Waals surface area contributed by atoms with Gasteiger partial charge in [0.25, 0.3) is 0 Å². The van der Waals surface area contributed by atoms with Gasteiger partial charge in [-0.3, -0.25) is 9.36 Å². The Kier molecular flexibility index (Phi) is 6.23. The van der Waals surface area contributed by atoms with Gasteiger partial charge in [0.2, 0.25) is 5.91 Å². The van der Waals surface area contributed by atoms with E-state index in [2.05, 4.69) is 41.3 Å². The zero-order valence-electron chi connectivity index (χ0n) is 17.8. The van der Waals surface area contributed by atoms with Crippen molar-refractivity contribution in [3.63, 3.8) is 0 Å². The minimum absolute atomic E-state index is 0.0216. The number of imidazole rings is 2. The number of nitrogens with one attached hydrogen (secondary N) is 1. The van der Waals surface area contributed by atoms with Crippen molar-refractivity contribution in [1.29, 1.82) is 0 Å². The molecule has 0 aliphatic heterocycles. The molecule has 0 radical (unpaired) electrons. The van der Waals surface area contributed by atoms with Gasteiger partial charge in [0.15, 0.2) is 5.16 Å². The number of carbonyl (C=O) groups is 1. The Morgan fingerprint density at radius 3 is 2.65 bits per heavy atom. The van der Waals surface area contributed by atoms with E-state index in [4.69, 9.17) is 0 Å². The summed E-state index contributed by atoms with van der Waals surface area (Å²) in [6, 6.07) is 14.2. The second-order valence-corrected chi connectivity index (χ2v) is 8.38. The highest BCUT2D eigenvalue weighted by atomic mass is 32.2. The van der Waals surface area contributed by atoms with Gasteiger partial charge in [0.1, 0.15) is 0 Å². The molecule has 0 bridgehead atoms. The van der Waals surface area contributed by atoms with Crippen molar-refractivity contribution in [3.05, 3.63) is 90.3 Å². The average Bonchev–Trinajstić information content (AvgIpc) is 3.46. The van der Waals surface area contributed by atoms with Crippen LogP contribution in [-0.2, 0) is 4.79 Å². The molecule has 0 spiro atoms. The van der Waals surface area contributed by atoms with E-state index in [0.717, 1.165) is 22.1 Å². The lowest BCUT2D eigenvalue weighted by molar-refractivity contribution is -0.119. The first-order valence-electron chi connectivity index (χ1n) is 10.1. The van der Waals surface area contributed by atoms with Gasteiger partial charge >= 0.3 is 0 Å². The quantitative estimate of drug-likeness (QED) is 0.433. The van der Waals surface area contributed by atoms with Gasteiger partial charge in [0.05, 0.1) is 23.8 Å². The maximum atomic E-state index is 12.6. The molecule has 0 saturated heterocycles. The van der Waals surface area contributed by atoms with Gasteiger partial charge in [-0.2, -0.15) is 0 Å². The second-order valence-electron chi connectivity index (χ2n) is 7.44. The summed E-state index contributed by atoms with van der Waals surface area (Å²) in [5.41, 5.74) is 5.62. The first-order valence-corrected chi connectivity index (χ1v) is 11.1. The molecule has 2 heterocycles. The minimum atomic E-state index is -0.0799. The number of carbonyl (C=O) groups excluding carboxylic acids is 1. The van der Waals surface area contributed by atoms with E-state index in [1.807, 2.05) is 58.8 Å². The molecule has 1 amide bonds. The Bertz CT molecular complexity index is 1170. The molecule has 4 rings (SSSR count). The number of benzene rings is 2. The molecule has 1 unspecified atom stereocenters. The maximum absolute atomic E-state index is 12.6. The molecule has 0 saturated carbocycles. The lowest BCUT2D eigenvalue weighted by Gasteiger charge is -2.15. The van der Waals surface area contributed by atoms with Crippen LogP contribution in [0.2, 0.25) is 0 Å². The Hall–Kier alpha value is -3.32. The van der Waals surface area contributed by atoms with E-state index in [1.54, 1.807) is 18.7 Å². The van der Waals surface area contributed by atoms with Crippen LogP contribution in [0.1, 0.15) is 29.7 Å². The fourth-order valence-electron chi connectivity index (χ4n) is 3.42. The van der Waals surface area contributed by atoms with Crippen LogP contribution in [0.5, 0.6) is 0 Å². The summed E-state index contributed by atoms with van der Waals surface area (Å²) in [6.45, 7) is 6.19. The predicted molar refractivity (Wildman–Crippen MR) is 124 cm³/mol. The largest absolute Gasteiger partial charge is 0.349 e. The lowest BCUT2D eigenvalue weighted by Crippen LogP contribution is -2.28. The van der Waals surface area contributed by atoms with Crippen LogP contribution in [0.4, 0.5) is 0 Å². The number of nitrogens with zero attached hydrogens (tertiary/aromatic N) is 4. The van der Waals surface area contributed by atoms with Crippen molar-refractivity contribution >= 4 is 17.7 Å². The van der Waals surface area contributed by atoms with Gasteiger partial charge in [0, 0.05) is 30.5 Å². The Labute approximate surface area is 186 Å². The van der Waals surface area contributed by atoms with Crippen molar-refractivity contribution < 1.29 is 4.79 Å². The molecule has 6 nitrogen and oxygen atoms in total. The number of aromatic nitrogens is 4. The number of amides is 1. The molecule has 0 fully saturated rings. The van der Waals surface area contributed by atoms with Crippen molar-refractivity contribution in [2.45, 2.75) is 32.0 Å². The number of aryl methyl sites for hydroxylation is 1. The smallest absolute Gasteiger partial charge is 0.230 e. The average molecular weight is 432 g/mol. The minimum Gasteiger partial charge on any atom is -0.349 e. The molecule has 7 heteroatoms. The summed E-state index contributed by atoms with van der Waals surface area (Å²) in [6.07, 6.45) is 9.12. The number of rotatable bonds is 7. The van der Waals surface area contributed by atoms with Gasteiger partial charge in [-0.1, -0.05) is 36.0 Å². The molecule has 4 aromatic rings. The fourth-order valence-corrected chi connectivity index (χ4v) is 4.20. The molecule has 158 valence electrons. The highest BCUT2D eigenvalue weighted by Gasteiger charge is 2.14. The molecule has 0 aliphatic rings. The Morgan fingerprint density at radius 1 is 1.10 bits per heavy atom. The highest BCUT2D eigenvalue weighted by Crippen LogP contribution is 2.24. The predicted octanol–water partition coefficient (Wildman–Crippen LogP) is 4.64. The summed E-state index contributed by atoms with van der Waals surface area (Å²) in [4.78, 5) is 21.1. The Morgan fingerprint density at radius 2 is 1.90 bits per heavy atom. The molecule has 1 N–H and O–H groups in total. The SMILES string of the molecule is Cc1cccc(-n2ccnc2SCC(=O)NC(C)c2ccc(-n3ccnc3)cc2)c1C. The van der Waals surface area contributed by atoms with Gasteiger partial charge in [-0.05, 0) is 55.7 Å². The summed E-state index contributed by atoms with van der Waals surface area (Å²) < 4.78 is 3.99. The number of hydrogen-bond donors (Lipinski definition) is 1. The first-order chi connectivity index (χ1) is 15.0. The second kappa shape index (κ2) is 9.22.